The molecule has 0 saturated heterocycles. The third kappa shape index (κ3) is 3.87. The highest BCUT2D eigenvalue weighted by Gasteiger charge is 2.30. The van der Waals surface area contributed by atoms with Gasteiger partial charge in [-0.25, -0.2) is 13.4 Å². The Bertz CT molecular complexity index is 947. The molecule has 2 aromatic heterocycles. The lowest BCUT2D eigenvalue weighted by atomic mass is 10.00. The molecule has 26 heavy (non-hydrogen) atoms. The lowest BCUT2D eigenvalue weighted by Crippen LogP contribution is -2.27. The molecule has 0 aromatic carbocycles. The molecule has 1 fully saturated rings. The number of hydrogen-bond donors (Lipinski definition) is 1. The van der Waals surface area contributed by atoms with Gasteiger partial charge >= 0.3 is 5.97 Å². The van der Waals surface area contributed by atoms with E-state index in [1.807, 2.05) is 6.92 Å². The number of aliphatic carboxylic acids is 1. The molecule has 0 amide bonds. The molecule has 1 N–H and O–H groups in total. The van der Waals surface area contributed by atoms with Crippen LogP contribution in [0.5, 0.6) is 0 Å². The summed E-state index contributed by atoms with van der Waals surface area (Å²) in [5.41, 5.74) is 1.62. The molecular weight excluding hydrogens is 396 g/mol. The Labute approximate surface area is 161 Å². The van der Waals surface area contributed by atoms with Crippen LogP contribution in [-0.2, 0) is 21.2 Å². The van der Waals surface area contributed by atoms with Crippen molar-refractivity contribution in [2.24, 2.45) is 0 Å². The van der Waals surface area contributed by atoms with E-state index in [4.69, 9.17) is 11.6 Å². The largest absolute Gasteiger partial charge is 0.480 e. The van der Waals surface area contributed by atoms with Gasteiger partial charge in [-0.05, 0) is 38.7 Å². The summed E-state index contributed by atoms with van der Waals surface area (Å²) in [6.45, 7) is 1.76. The van der Waals surface area contributed by atoms with Crippen LogP contribution in [0.1, 0.15) is 31.4 Å². The number of thioether (sulfide) groups is 1. The highest BCUT2D eigenvalue weighted by Crippen LogP contribution is 2.43. The number of halogens is 1. The molecule has 142 valence electrons. The Morgan fingerprint density at radius 1 is 1.38 bits per heavy atom. The maximum Gasteiger partial charge on any atom is 0.323 e. The molecule has 0 unspecified atom stereocenters. The van der Waals surface area contributed by atoms with Crippen molar-refractivity contribution in [1.82, 2.24) is 9.55 Å². The van der Waals surface area contributed by atoms with Gasteiger partial charge in [0, 0.05) is 28.3 Å². The average Bonchev–Trinajstić information content (AvgIpc) is 2.81. The van der Waals surface area contributed by atoms with Crippen LogP contribution >= 0.6 is 23.4 Å². The standard InChI is InChI=1S/C17H21ClN2O4S2/c1-10-16(25-11-3-5-12(6-4-11)26(2,23)24)15-13(7-8-19-17(15)18)20(10)9-14(21)22/h7-8,11-12H,3-6,9H2,1-2H3,(H,21,22). The van der Waals surface area contributed by atoms with Gasteiger partial charge in [-0.3, -0.25) is 4.79 Å². The second-order valence-corrected chi connectivity index (χ2v) is 10.7. The van der Waals surface area contributed by atoms with Gasteiger partial charge in [-0.2, -0.15) is 0 Å². The maximum absolute atomic E-state index is 11.7. The van der Waals surface area contributed by atoms with Gasteiger partial charge in [0.2, 0.25) is 0 Å². The van der Waals surface area contributed by atoms with E-state index in [1.54, 1.807) is 28.6 Å². The van der Waals surface area contributed by atoms with E-state index in [9.17, 15) is 18.3 Å². The molecule has 9 heteroatoms. The third-order valence-corrected chi connectivity index (χ3v) is 8.45. The minimum Gasteiger partial charge on any atom is -0.480 e. The molecule has 2 heterocycles. The van der Waals surface area contributed by atoms with Crippen molar-refractivity contribution in [1.29, 1.82) is 0 Å². The monoisotopic (exact) mass is 416 g/mol. The molecule has 1 aliphatic rings. The fourth-order valence-electron chi connectivity index (χ4n) is 3.57. The first-order valence-electron chi connectivity index (χ1n) is 8.39. The molecule has 0 atom stereocenters. The number of sulfone groups is 1. The van der Waals surface area contributed by atoms with Crippen LogP contribution < -0.4 is 0 Å². The van der Waals surface area contributed by atoms with Crippen LogP contribution in [0.15, 0.2) is 17.2 Å². The molecule has 0 spiro atoms. The quantitative estimate of drug-likeness (QED) is 0.750. The van der Waals surface area contributed by atoms with E-state index in [0.717, 1.165) is 34.3 Å². The number of aromatic nitrogens is 2. The third-order valence-electron chi connectivity index (χ3n) is 4.94. The van der Waals surface area contributed by atoms with Crippen molar-refractivity contribution in [2.45, 2.75) is 54.5 Å². The SMILES string of the molecule is Cc1c(SC2CCC(S(C)(=O)=O)CC2)c2c(Cl)nccc2n1CC(=O)O. The van der Waals surface area contributed by atoms with Gasteiger partial charge in [-0.15, -0.1) is 11.8 Å². The van der Waals surface area contributed by atoms with Crippen molar-refractivity contribution in [2.75, 3.05) is 6.26 Å². The molecule has 0 radical (unpaired) electrons. The normalized spacial score (nSPS) is 21.2. The lowest BCUT2D eigenvalue weighted by molar-refractivity contribution is -0.137. The number of hydrogen-bond acceptors (Lipinski definition) is 5. The van der Waals surface area contributed by atoms with E-state index in [0.29, 0.717) is 18.0 Å². The number of nitrogens with zero attached hydrogens (tertiary/aromatic N) is 2. The van der Waals surface area contributed by atoms with Crippen LogP contribution in [0.2, 0.25) is 5.15 Å². The lowest BCUT2D eigenvalue weighted by Gasteiger charge is -2.27. The second-order valence-electron chi connectivity index (χ2n) is 6.74. The number of carboxylic acid groups (broad SMARTS) is 1. The van der Waals surface area contributed by atoms with Gasteiger partial charge in [0.15, 0.2) is 0 Å². The summed E-state index contributed by atoms with van der Waals surface area (Å²) in [7, 11) is -2.99. The Morgan fingerprint density at radius 2 is 2.04 bits per heavy atom. The predicted molar refractivity (Wildman–Crippen MR) is 104 cm³/mol. The van der Waals surface area contributed by atoms with Crippen LogP contribution in [-0.4, -0.2) is 45.8 Å². The summed E-state index contributed by atoms with van der Waals surface area (Å²) >= 11 is 7.98. The van der Waals surface area contributed by atoms with Gasteiger partial charge in [0.25, 0.3) is 0 Å². The van der Waals surface area contributed by atoms with Gasteiger partial charge in [0.1, 0.15) is 21.5 Å². The highest BCUT2D eigenvalue weighted by molar-refractivity contribution is 8.00. The van der Waals surface area contributed by atoms with Crippen molar-refractivity contribution >= 4 is 50.1 Å². The van der Waals surface area contributed by atoms with Crippen LogP contribution in [0.4, 0.5) is 0 Å². The Hall–Kier alpha value is -1.25. The van der Waals surface area contributed by atoms with Crippen LogP contribution in [0.3, 0.4) is 0 Å². The first kappa shape index (κ1) is 19.5. The fraction of sp³-hybridized carbons (Fsp3) is 0.529. The smallest absolute Gasteiger partial charge is 0.323 e. The predicted octanol–water partition coefficient (Wildman–Crippen LogP) is 3.53. The maximum atomic E-state index is 11.7. The van der Waals surface area contributed by atoms with Gasteiger partial charge in [0.05, 0.1) is 16.2 Å². The zero-order valence-corrected chi connectivity index (χ0v) is 17.0. The van der Waals surface area contributed by atoms with Crippen LogP contribution in [0.25, 0.3) is 10.9 Å². The second kappa shape index (κ2) is 7.40. The summed E-state index contributed by atoms with van der Waals surface area (Å²) in [5, 5.41) is 10.4. The number of carbonyl (C=O) groups is 1. The van der Waals surface area contributed by atoms with E-state index < -0.39 is 15.8 Å². The van der Waals surface area contributed by atoms with Crippen molar-refractivity contribution in [3.05, 3.63) is 23.1 Å². The zero-order chi connectivity index (χ0) is 19.1. The first-order chi connectivity index (χ1) is 12.2. The Kier molecular flexibility index (Phi) is 5.55. The molecule has 0 aliphatic heterocycles. The Balaban J connectivity index is 1.91. The minimum absolute atomic E-state index is 0.135. The summed E-state index contributed by atoms with van der Waals surface area (Å²) in [6.07, 6.45) is 5.83. The minimum atomic E-state index is -2.99. The van der Waals surface area contributed by atoms with Crippen LogP contribution in [0, 0.1) is 6.92 Å². The molecule has 0 bridgehead atoms. The topological polar surface area (TPSA) is 89.3 Å². The van der Waals surface area contributed by atoms with Crippen molar-refractivity contribution < 1.29 is 18.3 Å². The van der Waals surface area contributed by atoms with E-state index in [1.165, 1.54) is 6.26 Å². The van der Waals surface area contributed by atoms with Crippen molar-refractivity contribution in [3.8, 4) is 0 Å². The average molecular weight is 417 g/mol. The number of rotatable bonds is 5. The fourth-order valence-corrected chi connectivity index (χ4v) is 6.45. The highest BCUT2D eigenvalue weighted by atomic mass is 35.5. The van der Waals surface area contributed by atoms with Gasteiger partial charge < -0.3 is 9.67 Å². The molecular formula is C17H21ClN2O4S2. The molecule has 1 aliphatic carbocycles. The van der Waals surface area contributed by atoms with E-state index >= 15 is 0 Å². The van der Waals surface area contributed by atoms with E-state index in [2.05, 4.69) is 4.98 Å². The van der Waals surface area contributed by atoms with Crippen molar-refractivity contribution in [3.63, 3.8) is 0 Å². The first-order valence-corrected chi connectivity index (χ1v) is 11.6. The summed E-state index contributed by atoms with van der Waals surface area (Å²) in [6, 6.07) is 1.78. The summed E-state index contributed by atoms with van der Waals surface area (Å²) in [5.74, 6) is -0.914. The number of fused-ring (bicyclic) bond motifs is 1. The van der Waals surface area contributed by atoms with E-state index in [-0.39, 0.29) is 17.0 Å². The molecule has 2 aromatic rings. The molecule has 6 nitrogen and oxygen atoms in total. The zero-order valence-electron chi connectivity index (χ0n) is 14.6. The Morgan fingerprint density at radius 3 is 2.62 bits per heavy atom. The summed E-state index contributed by atoms with van der Waals surface area (Å²) in [4.78, 5) is 16.3. The molecule has 1 saturated carbocycles. The number of pyridine rings is 1. The molecule has 3 rings (SSSR count). The number of carboxylic acids is 1. The summed E-state index contributed by atoms with van der Waals surface area (Å²) < 4.78 is 25.2. The van der Waals surface area contributed by atoms with Gasteiger partial charge in [-0.1, -0.05) is 11.6 Å².